The van der Waals surface area contributed by atoms with E-state index in [2.05, 4.69) is 0 Å². The Hall–Kier alpha value is 0.120. The van der Waals surface area contributed by atoms with E-state index in [1.54, 1.807) is 0 Å². The largest absolute Gasteiger partial charge is 0.448 e. The van der Waals surface area contributed by atoms with Gasteiger partial charge < -0.3 is 15.2 Å². The number of hydrogen-bond acceptors (Lipinski definition) is 4. The van der Waals surface area contributed by atoms with Gasteiger partial charge in [-0.1, -0.05) is 34.8 Å². The van der Waals surface area contributed by atoms with Crippen molar-refractivity contribution >= 4 is 40.7 Å². The van der Waals surface area contributed by atoms with Gasteiger partial charge in [0.05, 0.1) is 12.5 Å². The minimum Gasteiger partial charge on any atom is -0.448 e. The van der Waals surface area contributed by atoms with Crippen LogP contribution in [0, 0.1) is 5.41 Å². The first-order valence-corrected chi connectivity index (χ1v) is 5.83. The second-order valence-electron chi connectivity index (χ2n) is 3.63. The predicted octanol–water partition coefficient (Wildman–Crippen LogP) is 2.45. The summed E-state index contributed by atoms with van der Waals surface area (Å²) in [6.07, 6.45) is -3.36. The summed E-state index contributed by atoms with van der Waals surface area (Å²) >= 11 is 16.1. The number of ether oxygens (including phenoxy) is 2. The third-order valence-corrected chi connectivity index (χ3v) is 2.62. The summed E-state index contributed by atoms with van der Waals surface area (Å²) in [6, 6.07) is 0. The van der Waals surface area contributed by atoms with E-state index in [1.165, 1.54) is 0 Å². The van der Waals surface area contributed by atoms with Crippen molar-refractivity contribution in [2.75, 3.05) is 6.54 Å². The zero-order valence-corrected chi connectivity index (χ0v) is 10.8. The van der Waals surface area contributed by atoms with Crippen molar-refractivity contribution in [1.29, 1.82) is 5.41 Å². The molecule has 2 unspecified atom stereocenters. The van der Waals surface area contributed by atoms with Crippen LogP contribution in [-0.4, -0.2) is 34.6 Å². The molecule has 1 aliphatic rings. The Balaban J connectivity index is 2.62. The van der Waals surface area contributed by atoms with Gasteiger partial charge in [-0.05, 0) is 0 Å². The van der Waals surface area contributed by atoms with Crippen molar-refractivity contribution in [1.82, 2.24) is 0 Å². The molecule has 1 rings (SSSR count). The molecule has 0 spiro atoms. The highest BCUT2D eigenvalue weighted by molar-refractivity contribution is 6.76. The molecule has 0 saturated carbocycles. The van der Waals surface area contributed by atoms with Crippen molar-refractivity contribution in [3.63, 3.8) is 0 Å². The second kappa shape index (κ2) is 5.40. The molecule has 9 heteroatoms. The van der Waals surface area contributed by atoms with Gasteiger partial charge >= 0.3 is 0 Å². The minimum atomic E-state index is -2.97. The molecule has 0 aromatic heterocycles. The van der Waals surface area contributed by atoms with Crippen LogP contribution in [0.2, 0.25) is 0 Å². The van der Waals surface area contributed by atoms with Crippen LogP contribution < -0.4 is 5.73 Å². The van der Waals surface area contributed by atoms with Crippen molar-refractivity contribution < 1.29 is 18.3 Å². The Morgan fingerprint density at radius 2 is 2.06 bits per heavy atom. The third-order valence-electron chi connectivity index (χ3n) is 2.11. The zero-order chi connectivity index (χ0) is 13.3. The van der Waals surface area contributed by atoms with Gasteiger partial charge in [0.1, 0.15) is 0 Å². The van der Waals surface area contributed by atoms with E-state index in [0.29, 0.717) is 0 Å². The highest BCUT2D eigenvalue weighted by Gasteiger charge is 2.44. The highest BCUT2D eigenvalue weighted by Crippen LogP contribution is 2.35. The average Bonchev–Trinajstić information content (AvgIpc) is 2.13. The van der Waals surface area contributed by atoms with Gasteiger partial charge in [0, 0.05) is 13.0 Å². The second-order valence-corrected chi connectivity index (χ2v) is 5.91. The first kappa shape index (κ1) is 15.2. The van der Waals surface area contributed by atoms with Gasteiger partial charge in [-0.25, -0.2) is 8.78 Å². The van der Waals surface area contributed by atoms with Crippen LogP contribution in [0.5, 0.6) is 0 Å². The fourth-order valence-corrected chi connectivity index (χ4v) is 1.51. The maximum atomic E-state index is 13.3. The van der Waals surface area contributed by atoms with E-state index in [0.717, 1.165) is 0 Å². The third kappa shape index (κ3) is 4.71. The smallest absolute Gasteiger partial charge is 0.265 e. The van der Waals surface area contributed by atoms with Crippen LogP contribution in [0.1, 0.15) is 12.8 Å². The normalized spacial score (nSPS) is 28.8. The highest BCUT2D eigenvalue weighted by atomic mass is 35.6. The van der Waals surface area contributed by atoms with Crippen molar-refractivity contribution in [3.05, 3.63) is 0 Å². The van der Waals surface area contributed by atoms with Crippen LogP contribution in [-0.2, 0) is 9.47 Å². The van der Waals surface area contributed by atoms with E-state index < -0.39 is 40.8 Å². The van der Waals surface area contributed by atoms with Gasteiger partial charge in [-0.15, -0.1) is 0 Å². The van der Waals surface area contributed by atoms with E-state index >= 15 is 0 Å². The number of nitrogens with two attached hydrogens (primary N) is 1. The topological polar surface area (TPSA) is 68.3 Å². The molecule has 0 radical (unpaired) electrons. The summed E-state index contributed by atoms with van der Waals surface area (Å²) < 4.78 is 34.3. The van der Waals surface area contributed by atoms with Crippen LogP contribution in [0.3, 0.4) is 0 Å². The van der Waals surface area contributed by atoms with Gasteiger partial charge in [-0.3, -0.25) is 5.41 Å². The lowest BCUT2D eigenvalue weighted by Crippen LogP contribution is -2.45. The predicted molar refractivity (Wildman–Crippen MR) is 61.0 cm³/mol. The molecule has 0 aromatic carbocycles. The van der Waals surface area contributed by atoms with Gasteiger partial charge in [0.15, 0.2) is 0 Å². The van der Waals surface area contributed by atoms with Crippen LogP contribution in [0.15, 0.2) is 0 Å². The number of halogens is 5. The maximum Gasteiger partial charge on any atom is 0.265 e. The molecule has 0 bridgehead atoms. The first-order valence-electron chi connectivity index (χ1n) is 4.70. The van der Waals surface area contributed by atoms with Crippen LogP contribution in [0.25, 0.3) is 0 Å². The lowest BCUT2D eigenvalue weighted by molar-refractivity contribution is -0.223. The van der Waals surface area contributed by atoms with E-state index in [9.17, 15) is 8.78 Å². The SMILES string of the molecule is N=C(OC1CC(F)(F)CC(CN)O1)C(Cl)(Cl)Cl. The van der Waals surface area contributed by atoms with Crippen molar-refractivity contribution in [2.45, 2.75) is 35.0 Å². The zero-order valence-electron chi connectivity index (χ0n) is 8.56. The number of rotatable bonds is 2. The van der Waals surface area contributed by atoms with Crippen LogP contribution in [0.4, 0.5) is 8.78 Å². The van der Waals surface area contributed by atoms with Crippen LogP contribution >= 0.6 is 34.8 Å². The summed E-state index contributed by atoms with van der Waals surface area (Å²) in [6.45, 7) is -0.0729. The molecule has 17 heavy (non-hydrogen) atoms. The van der Waals surface area contributed by atoms with E-state index in [1.807, 2.05) is 0 Å². The Kier molecular flexibility index (Phi) is 4.82. The molecule has 2 atom stereocenters. The summed E-state index contributed by atoms with van der Waals surface area (Å²) in [4.78, 5) is 0. The summed E-state index contributed by atoms with van der Waals surface area (Å²) in [5.74, 6) is -3.73. The quantitative estimate of drug-likeness (QED) is 0.467. The minimum absolute atomic E-state index is 0.0729. The van der Waals surface area contributed by atoms with Gasteiger partial charge in [0.2, 0.25) is 12.2 Å². The molecule has 3 N–H and O–H groups in total. The standard InChI is InChI=1S/C8H11Cl3F2N2O2/c9-8(10,11)6(15)17-5-2-7(12,13)1-4(3-14)16-5/h4-5,15H,1-3,14H2. The van der Waals surface area contributed by atoms with Crippen molar-refractivity contribution in [3.8, 4) is 0 Å². The molecule has 0 aliphatic carbocycles. The number of hydrogen-bond donors (Lipinski definition) is 2. The molecular formula is C8H11Cl3F2N2O2. The number of nitrogens with one attached hydrogen (secondary N) is 1. The molecule has 1 saturated heterocycles. The number of alkyl halides is 5. The Labute approximate surface area is 112 Å². The molecule has 0 aromatic rings. The summed E-state index contributed by atoms with van der Waals surface area (Å²) in [7, 11) is 0. The monoisotopic (exact) mass is 310 g/mol. The molecule has 1 aliphatic heterocycles. The lowest BCUT2D eigenvalue weighted by Gasteiger charge is -2.35. The molecule has 100 valence electrons. The molecule has 0 amide bonds. The fraction of sp³-hybridized carbons (Fsp3) is 0.875. The Morgan fingerprint density at radius 3 is 2.53 bits per heavy atom. The van der Waals surface area contributed by atoms with E-state index in [-0.39, 0.29) is 6.54 Å². The Bertz CT molecular complexity index is 299. The van der Waals surface area contributed by atoms with E-state index in [4.69, 9.17) is 55.4 Å². The fourth-order valence-electron chi connectivity index (χ4n) is 1.38. The first-order chi connectivity index (χ1) is 7.64. The lowest BCUT2D eigenvalue weighted by atomic mass is 10.0. The Morgan fingerprint density at radius 1 is 1.47 bits per heavy atom. The maximum absolute atomic E-state index is 13.3. The molecular weight excluding hydrogens is 300 g/mol. The molecule has 4 nitrogen and oxygen atoms in total. The average molecular weight is 312 g/mol. The molecule has 1 heterocycles. The van der Waals surface area contributed by atoms with Gasteiger partial charge in [0.25, 0.3) is 9.72 Å². The summed E-state index contributed by atoms with van der Waals surface area (Å²) in [5, 5.41) is 7.25. The molecule has 1 fully saturated rings. The van der Waals surface area contributed by atoms with Gasteiger partial charge in [-0.2, -0.15) is 0 Å². The van der Waals surface area contributed by atoms with Crippen molar-refractivity contribution in [2.24, 2.45) is 5.73 Å². The summed E-state index contributed by atoms with van der Waals surface area (Å²) in [5.41, 5.74) is 5.26.